The van der Waals surface area contributed by atoms with Crippen molar-refractivity contribution in [3.63, 3.8) is 0 Å². The molecule has 0 fully saturated rings. The molecule has 0 bridgehead atoms. The van der Waals surface area contributed by atoms with Crippen LogP contribution in [0.2, 0.25) is 0 Å². The summed E-state index contributed by atoms with van der Waals surface area (Å²) in [5.74, 6) is -0.495. The van der Waals surface area contributed by atoms with E-state index in [1.54, 1.807) is 27.2 Å². The standard InChI is InChI=1S/C16H24FNO3/c1-12-10-16(14(13(2)19)11-15(12)17)18(7-9-21-4)6-5-8-20-3/h10-11H,5-9H2,1-4H3. The van der Waals surface area contributed by atoms with Gasteiger partial charge in [-0.25, -0.2) is 4.39 Å². The summed E-state index contributed by atoms with van der Waals surface area (Å²) in [6.07, 6.45) is 0.827. The molecule has 0 spiro atoms. The molecule has 0 aliphatic heterocycles. The van der Waals surface area contributed by atoms with E-state index in [2.05, 4.69) is 0 Å². The summed E-state index contributed by atoms with van der Waals surface area (Å²) >= 11 is 0. The van der Waals surface area contributed by atoms with Crippen LogP contribution in [0.4, 0.5) is 10.1 Å². The molecule has 1 aromatic carbocycles. The van der Waals surface area contributed by atoms with Gasteiger partial charge in [-0.2, -0.15) is 0 Å². The van der Waals surface area contributed by atoms with Gasteiger partial charge in [0.1, 0.15) is 5.82 Å². The van der Waals surface area contributed by atoms with Gasteiger partial charge >= 0.3 is 0 Å². The van der Waals surface area contributed by atoms with Crippen molar-refractivity contribution in [2.45, 2.75) is 20.3 Å². The third-order valence-electron chi connectivity index (χ3n) is 3.34. The average molecular weight is 297 g/mol. The number of halogens is 1. The Balaban J connectivity index is 3.08. The summed E-state index contributed by atoms with van der Waals surface area (Å²) in [7, 11) is 3.29. The second kappa shape index (κ2) is 8.74. The monoisotopic (exact) mass is 297 g/mol. The van der Waals surface area contributed by atoms with Crippen molar-refractivity contribution in [1.82, 2.24) is 0 Å². The second-order valence-electron chi connectivity index (χ2n) is 5.00. The van der Waals surface area contributed by atoms with Crippen LogP contribution in [0.5, 0.6) is 0 Å². The molecule has 0 unspecified atom stereocenters. The summed E-state index contributed by atoms with van der Waals surface area (Å²) in [4.78, 5) is 13.8. The molecule has 0 radical (unpaired) electrons. The summed E-state index contributed by atoms with van der Waals surface area (Å²) in [6, 6.07) is 3.05. The van der Waals surface area contributed by atoms with Gasteiger partial charge in [-0.1, -0.05) is 0 Å². The molecule has 4 nitrogen and oxygen atoms in total. The number of anilines is 1. The van der Waals surface area contributed by atoms with Crippen molar-refractivity contribution < 1.29 is 18.7 Å². The van der Waals surface area contributed by atoms with Crippen LogP contribution in [0.15, 0.2) is 12.1 Å². The van der Waals surface area contributed by atoms with Gasteiger partial charge in [0.2, 0.25) is 0 Å². The van der Waals surface area contributed by atoms with E-state index in [-0.39, 0.29) is 11.6 Å². The van der Waals surface area contributed by atoms with Gasteiger partial charge in [0.15, 0.2) is 5.78 Å². The molecule has 0 atom stereocenters. The van der Waals surface area contributed by atoms with Crippen molar-refractivity contribution >= 4 is 11.5 Å². The molecule has 0 heterocycles. The molecule has 0 N–H and O–H groups in total. The maximum atomic E-state index is 13.7. The van der Waals surface area contributed by atoms with Gasteiger partial charge in [-0.3, -0.25) is 4.79 Å². The minimum Gasteiger partial charge on any atom is -0.385 e. The Kier molecular flexibility index (Phi) is 7.32. The summed E-state index contributed by atoms with van der Waals surface area (Å²) in [5, 5.41) is 0. The summed E-state index contributed by atoms with van der Waals surface area (Å²) < 4.78 is 23.9. The molecule has 0 saturated heterocycles. The fourth-order valence-electron chi connectivity index (χ4n) is 2.16. The number of nitrogens with zero attached hydrogens (tertiary/aromatic N) is 1. The van der Waals surface area contributed by atoms with E-state index in [9.17, 15) is 9.18 Å². The third kappa shape index (κ3) is 5.10. The van der Waals surface area contributed by atoms with E-state index in [0.717, 1.165) is 18.7 Å². The number of ketones is 1. The molecule has 118 valence electrons. The van der Waals surface area contributed by atoms with Gasteiger partial charge in [-0.15, -0.1) is 0 Å². The van der Waals surface area contributed by atoms with E-state index in [1.807, 2.05) is 4.90 Å². The molecule has 0 saturated carbocycles. The van der Waals surface area contributed by atoms with Crippen LogP contribution in [-0.4, -0.2) is 46.3 Å². The molecule has 5 heteroatoms. The van der Waals surface area contributed by atoms with E-state index in [0.29, 0.717) is 30.9 Å². The first-order valence-corrected chi connectivity index (χ1v) is 7.05. The van der Waals surface area contributed by atoms with Gasteiger partial charge in [0.25, 0.3) is 0 Å². The quantitative estimate of drug-likeness (QED) is 0.519. The highest BCUT2D eigenvalue weighted by Crippen LogP contribution is 2.25. The van der Waals surface area contributed by atoms with Crippen LogP contribution < -0.4 is 4.90 Å². The first kappa shape index (κ1) is 17.6. The van der Waals surface area contributed by atoms with Crippen molar-refractivity contribution in [2.24, 2.45) is 0 Å². The Bertz CT molecular complexity index is 477. The zero-order valence-corrected chi connectivity index (χ0v) is 13.2. The van der Waals surface area contributed by atoms with Crippen LogP contribution in [0.3, 0.4) is 0 Å². The Morgan fingerprint density at radius 1 is 1.19 bits per heavy atom. The highest BCUT2D eigenvalue weighted by molar-refractivity contribution is 5.99. The number of rotatable bonds is 9. The lowest BCUT2D eigenvalue weighted by molar-refractivity contribution is 0.101. The lowest BCUT2D eigenvalue weighted by Crippen LogP contribution is -2.30. The Labute approximate surface area is 125 Å². The number of aryl methyl sites for hydroxylation is 1. The molecular formula is C16H24FNO3. The maximum absolute atomic E-state index is 13.7. The number of hydrogen-bond acceptors (Lipinski definition) is 4. The summed E-state index contributed by atoms with van der Waals surface area (Å²) in [5.41, 5.74) is 1.70. The first-order chi connectivity index (χ1) is 10.0. The van der Waals surface area contributed by atoms with Gasteiger partial charge < -0.3 is 14.4 Å². The summed E-state index contributed by atoms with van der Waals surface area (Å²) in [6.45, 7) is 5.71. The van der Waals surface area contributed by atoms with Gasteiger partial charge in [0.05, 0.1) is 6.61 Å². The lowest BCUT2D eigenvalue weighted by Gasteiger charge is -2.27. The van der Waals surface area contributed by atoms with Crippen LogP contribution in [0, 0.1) is 12.7 Å². The van der Waals surface area contributed by atoms with Crippen molar-refractivity contribution in [3.8, 4) is 0 Å². The molecule has 0 aliphatic carbocycles. The molecule has 1 rings (SSSR count). The predicted octanol–water partition coefficient (Wildman–Crippen LogP) is 2.83. The number of hydrogen-bond donors (Lipinski definition) is 0. The normalized spacial score (nSPS) is 10.7. The minimum absolute atomic E-state index is 0.141. The average Bonchev–Trinajstić information content (AvgIpc) is 2.45. The number of methoxy groups -OCH3 is 2. The van der Waals surface area contributed by atoms with Gasteiger partial charge in [0, 0.05) is 45.2 Å². The Morgan fingerprint density at radius 3 is 2.43 bits per heavy atom. The zero-order valence-electron chi connectivity index (χ0n) is 13.2. The molecule has 0 aliphatic rings. The highest BCUT2D eigenvalue weighted by atomic mass is 19.1. The lowest BCUT2D eigenvalue weighted by atomic mass is 10.0. The molecule has 0 amide bonds. The smallest absolute Gasteiger partial charge is 0.161 e. The fraction of sp³-hybridized carbons (Fsp3) is 0.562. The zero-order chi connectivity index (χ0) is 15.8. The number of ether oxygens (including phenoxy) is 2. The SMILES string of the molecule is COCCCN(CCOC)c1cc(C)c(F)cc1C(C)=O. The predicted molar refractivity (Wildman–Crippen MR) is 81.7 cm³/mol. The topological polar surface area (TPSA) is 38.8 Å². The first-order valence-electron chi connectivity index (χ1n) is 7.05. The van der Waals surface area contributed by atoms with Crippen molar-refractivity contribution in [1.29, 1.82) is 0 Å². The largest absolute Gasteiger partial charge is 0.385 e. The fourth-order valence-corrected chi connectivity index (χ4v) is 2.16. The van der Waals surface area contributed by atoms with Crippen molar-refractivity contribution in [2.75, 3.05) is 45.4 Å². The van der Waals surface area contributed by atoms with Crippen LogP contribution in [-0.2, 0) is 9.47 Å². The Hall–Kier alpha value is -1.46. The van der Waals surface area contributed by atoms with Crippen LogP contribution in [0.25, 0.3) is 0 Å². The van der Waals surface area contributed by atoms with Gasteiger partial charge in [-0.05, 0) is 38.0 Å². The Morgan fingerprint density at radius 2 is 1.86 bits per heavy atom. The van der Waals surface area contributed by atoms with E-state index < -0.39 is 0 Å². The van der Waals surface area contributed by atoms with Crippen LogP contribution in [0.1, 0.15) is 29.3 Å². The van der Waals surface area contributed by atoms with Crippen molar-refractivity contribution in [3.05, 3.63) is 29.1 Å². The van der Waals surface area contributed by atoms with E-state index in [4.69, 9.17) is 9.47 Å². The number of benzene rings is 1. The molecule has 21 heavy (non-hydrogen) atoms. The minimum atomic E-state index is -0.354. The molecular weight excluding hydrogens is 273 g/mol. The maximum Gasteiger partial charge on any atom is 0.161 e. The third-order valence-corrected chi connectivity index (χ3v) is 3.34. The molecule has 0 aromatic heterocycles. The number of carbonyl (C=O) groups excluding carboxylic acids is 1. The van der Waals surface area contributed by atoms with E-state index in [1.165, 1.54) is 13.0 Å². The van der Waals surface area contributed by atoms with E-state index >= 15 is 0 Å². The highest BCUT2D eigenvalue weighted by Gasteiger charge is 2.16. The molecule has 1 aromatic rings. The number of Topliss-reactive ketones (excluding diaryl/α,β-unsaturated/α-hetero) is 1. The number of carbonyl (C=O) groups is 1. The second-order valence-corrected chi connectivity index (χ2v) is 5.00. The van der Waals surface area contributed by atoms with Crippen LogP contribution >= 0.6 is 0 Å².